The van der Waals surface area contributed by atoms with Crippen LogP contribution in [0.3, 0.4) is 0 Å². The molecule has 1 atom stereocenters. The van der Waals surface area contributed by atoms with Crippen LogP contribution < -0.4 is 5.56 Å². The predicted molar refractivity (Wildman–Crippen MR) is 107 cm³/mol. The number of fused-ring (bicyclic) bond motifs is 2. The van der Waals surface area contributed by atoms with Crippen molar-refractivity contribution in [2.75, 3.05) is 7.11 Å². The molecule has 0 amide bonds. The highest BCUT2D eigenvalue weighted by molar-refractivity contribution is 9.10. The summed E-state index contributed by atoms with van der Waals surface area (Å²) in [7, 11) is 1.41. The van der Waals surface area contributed by atoms with Crippen LogP contribution in [0.2, 0.25) is 0 Å². The van der Waals surface area contributed by atoms with Crippen LogP contribution in [0.4, 0.5) is 0 Å². The van der Waals surface area contributed by atoms with Gasteiger partial charge >= 0.3 is 5.97 Å². The van der Waals surface area contributed by atoms with Crippen molar-refractivity contribution in [2.24, 2.45) is 0 Å². The van der Waals surface area contributed by atoms with E-state index in [9.17, 15) is 9.59 Å². The van der Waals surface area contributed by atoms with Crippen LogP contribution in [0.25, 0.3) is 4.96 Å². The van der Waals surface area contributed by atoms with E-state index in [-0.39, 0.29) is 11.5 Å². The minimum absolute atomic E-state index is 0.103. The summed E-state index contributed by atoms with van der Waals surface area (Å²) in [4.78, 5) is 33.1. The van der Waals surface area contributed by atoms with Crippen molar-refractivity contribution in [1.29, 1.82) is 0 Å². The summed E-state index contributed by atoms with van der Waals surface area (Å²) in [5, 5.41) is 0. The van der Waals surface area contributed by atoms with Gasteiger partial charge in [-0.1, -0.05) is 22.0 Å². The number of hydrogen-bond acceptors (Lipinski definition) is 6. The van der Waals surface area contributed by atoms with Gasteiger partial charge in [-0.25, -0.2) is 4.98 Å². The Labute approximate surface area is 168 Å². The summed E-state index contributed by atoms with van der Waals surface area (Å²) >= 11 is 4.99. The lowest BCUT2D eigenvalue weighted by Crippen LogP contribution is -2.45. The molecule has 1 aromatic carbocycles. The van der Waals surface area contributed by atoms with Crippen molar-refractivity contribution in [3.63, 3.8) is 0 Å². The van der Waals surface area contributed by atoms with Gasteiger partial charge < -0.3 is 4.74 Å². The number of esters is 1. The van der Waals surface area contributed by atoms with Crippen LogP contribution in [-0.2, 0) is 29.0 Å². The van der Waals surface area contributed by atoms with Gasteiger partial charge in [0, 0.05) is 34.7 Å². The van der Waals surface area contributed by atoms with Gasteiger partial charge in [-0.05, 0) is 36.6 Å². The van der Waals surface area contributed by atoms with Gasteiger partial charge in [0.05, 0.1) is 12.8 Å². The number of benzene rings is 1. The maximum absolute atomic E-state index is 12.4. The van der Waals surface area contributed by atoms with Crippen LogP contribution in [-0.4, -0.2) is 33.4 Å². The Balaban J connectivity index is 1.70. The fourth-order valence-corrected chi connectivity index (χ4v) is 4.75. The maximum atomic E-state index is 12.4. The Morgan fingerprint density at radius 3 is 2.96 bits per heavy atom. The van der Waals surface area contributed by atoms with E-state index in [1.807, 2.05) is 24.0 Å². The lowest BCUT2D eigenvalue weighted by atomic mass is 9.94. The molecule has 27 heavy (non-hydrogen) atoms. The molecule has 0 saturated carbocycles. The lowest BCUT2D eigenvalue weighted by molar-refractivity contribution is -0.148. The zero-order valence-corrected chi connectivity index (χ0v) is 17.3. The number of carbonyl (C=O) groups excluding carboxylic acids is 1. The number of carbonyl (C=O) groups is 1. The van der Waals surface area contributed by atoms with Gasteiger partial charge in [-0.15, -0.1) is 11.3 Å². The predicted octanol–water partition coefficient (Wildman–Crippen LogP) is 2.93. The quantitative estimate of drug-likeness (QED) is 0.577. The first-order valence-electron chi connectivity index (χ1n) is 8.52. The molecule has 1 aliphatic heterocycles. The molecule has 3 heterocycles. The first kappa shape index (κ1) is 18.3. The topological polar surface area (TPSA) is 63.9 Å². The molecule has 0 N–H and O–H groups in total. The Bertz CT molecular complexity index is 1090. The van der Waals surface area contributed by atoms with Crippen LogP contribution in [0, 0.1) is 6.92 Å². The summed E-state index contributed by atoms with van der Waals surface area (Å²) in [5.41, 5.74) is 2.86. The first-order valence-corrected chi connectivity index (χ1v) is 10.1. The number of hydrogen-bond donors (Lipinski definition) is 0. The average Bonchev–Trinajstić information content (AvgIpc) is 3.01. The first-order chi connectivity index (χ1) is 12.9. The van der Waals surface area contributed by atoms with Crippen molar-refractivity contribution in [2.45, 2.75) is 32.5 Å². The standard InChI is InChI=1S/C19H18BrN3O3S/c1-11-8-23-17(24)7-15(21-19(23)27-11)10-22-9-13-5-14(20)4-3-12(13)6-16(22)18(25)26-2/h3-5,7-8,16H,6,9-10H2,1-2H3. The van der Waals surface area contributed by atoms with Crippen LogP contribution in [0.15, 0.2) is 39.7 Å². The van der Waals surface area contributed by atoms with Crippen molar-refractivity contribution < 1.29 is 9.53 Å². The number of rotatable bonds is 3. The molecule has 0 bridgehead atoms. The second-order valence-corrected chi connectivity index (χ2v) is 8.77. The number of ether oxygens (including phenoxy) is 1. The number of nitrogens with zero attached hydrogens (tertiary/aromatic N) is 3. The fourth-order valence-electron chi connectivity index (χ4n) is 3.49. The smallest absolute Gasteiger partial charge is 0.323 e. The van der Waals surface area contributed by atoms with Gasteiger partial charge in [0.25, 0.3) is 5.56 Å². The Hall–Kier alpha value is -2.03. The van der Waals surface area contributed by atoms with Crippen LogP contribution in [0.5, 0.6) is 0 Å². The summed E-state index contributed by atoms with van der Waals surface area (Å²) in [6, 6.07) is 7.25. The third-order valence-corrected chi connectivity index (χ3v) is 6.16. The molecule has 4 rings (SSSR count). The molecule has 2 aromatic heterocycles. The normalized spacial score (nSPS) is 17.1. The molecule has 1 unspecified atom stereocenters. The average molecular weight is 448 g/mol. The van der Waals surface area contributed by atoms with Crippen LogP contribution in [0.1, 0.15) is 21.7 Å². The van der Waals surface area contributed by atoms with E-state index < -0.39 is 6.04 Å². The van der Waals surface area contributed by atoms with Gasteiger partial charge in [-0.3, -0.25) is 18.9 Å². The highest BCUT2D eigenvalue weighted by Gasteiger charge is 2.32. The van der Waals surface area contributed by atoms with Crippen molar-refractivity contribution in [3.05, 3.63) is 67.0 Å². The molecule has 0 aliphatic carbocycles. The van der Waals surface area contributed by atoms with E-state index in [4.69, 9.17) is 4.74 Å². The molecule has 1 aliphatic rings. The highest BCUT2D eigenvalue weighted by atomic mass is 79.9. The molecule has 140 valence electrons. The lowest BCUT2D eigenvalue weighted by Gasteiger charge is -2.35. The molecule has 0 saturated heterocycles. The third kappa shape index (κ3) is 3.56. The molecule has 3 aromatic rings. The van der Waals surface area contributed by atoms with Crippen molar-refractivity contribution >= 4 is 38.2 Å². The van der Waals surface area contributed by atoms with E-state index >= 15 is 0 Å². The second-order valence-electron chi connectivity index (χ2n) is 6.64. The Kier molecular flexibility index (Phi) is 4.88. The van der Waals surface area contributed by atoms with Crippen LogP contribution >= 0.6 is 27.3 Å². The van der Waals surface area contributed by atoms with E-state index in [0.717, 1.165) is 20.5 Å². The number of aryl methyl sites for hydroxylation is 1. The van der Waals surface area contributed by atoms with E-state index in [2.05, 4.69) is 27.0 Å². The molecule has 0 fully saturated rings. The maximum Gasteiger partial charge on any atom is 0.323 e. The zero-order chi connectivity index (χ0) is 19.1. The largest absolute Gasteiger partial charge is 0.468 e. The number of aromatic nitrogens is 2. The Morgan fingerprint density at radius 2 is 2.19 bits per heavy atom. The monoisotopic (exact) mass is 447 g/mol. The molecule has 6 nitrogen and oxygen atoms in total. The molecular formula is C19H18BrN3O3S. The van der Waals surface area contributed by atoms with Gasteiger partial charge in [-0.2, -0.15) is 0 Å². The SMILES string of the molecule is COC(=O)C1Cc2ccc(Br)cc2CN1Cc1cc(=O)n2cc(C)sc2n1. The summed E-state index contributed by atoms with van der Waals surface area (Å²) in [6.45, 7) is 2.96. The molecule has 0 radical (unpaired) electrons. The third-order valence-electron chi connectivity index (χ3n) is 4.77. The molecule has 8 heteroatoms. The summed E-state index contributed by atoms with van der Waals surface area (Å²) < 4.78 is 7.58. The van der Waals surface area contributed by atoms with Crippen molar-refractivity contribution in [3.8, 4) is 0 Å². The van der Waals surface area contributed by atoms with E-state index in [0.29, 0.717) is 30.2 Å². The summed E-state index contributed by atoms with van der Waals surface area (Å²) in [5.74, 6) is -0.270. The highest BCUT2D eigenvalue weighted by Crippen LogP contribution is 2.28. The minimum atomic E-state index is -0.394. The molecule has 0 spiro atoms. The van der Waals surface area contributed by atoms with Gasteiger partial charge in [0.15, 0.2) is 4.96 Å². The number of halogens is 1. The van der Waals surface area contributed by atoms with Crippen molar-refractivity contribution in [1.82, 2.24) is 14.3 Å². The van der Waals surface area contributed by atoms with E-state index in [1.165, 1.54) is 18.4 Å². The van der Waals surface area contributed by atoms with E-state index in [1.54, 1.807) is 16.7 Å². The second kappa shape index (κ2) is 7.18. The zero-order valence-electron chi connectivity index (χ0n) is 14.9. The fraction of sp³-hybridized carbons (Fsp3) is 0.316. The summed E-state index contributed by atoms with van der Waals surface area (Å²) in [6.07, 6.45) is 2.37. The van der Waals surface area contributed by atoms with Gasteiger partial charge in [0.2, 0.25) is 0 Å². The van der Waals surface area contributed by atoms with Gasteiger partial charge in [0.1, 0.15) is 6.04 Å². The number of methoxy groups -OCH3 is 1. The molecular weight excluding hydrogens is 430 g/mol. The minimum Gasteiger partial charge on any atom is -0.468 e. The Morgan fingerprint density at radius 1 is 1.37 bits per heavy atom. The number of thiazole rings is 1.